The van der Waals surface area contributed by atoms with Crippen molar-refractivity contribution in [3.63, 3.8) is 0 Å². The van der Waals surface area contributed by atoms with Crippen LogP contribution >= 0.6 is 0 Å². The third kappa shape index (κ3) is 3.75. The molecule has 1 aromatic heterocycles. The van der Waals surface area contributed by atoms with Crippen LogP contribution in [0.4, 0.5) is 32.2 Å². The van der Waals surface area contributed by atoms with Gasteiger partial charge in [-0.15, -0.1) is 0 Å². The zero-order valence-electron chi connectivity index (χ0n) is 18.5. The van der Waals surface area contributed by atoms with Crippen molar-refractivity contribution in [2.45, 2.75) is 42.4 Å². The van der Waals surface area contributed by atoms with E-state index in [1.54, 1.807) is 12.1 Å². The number of halogens is 6. The molecule has 2 aliphatic rings. The number of carbonyl (C=O) groups is 2. The highest BCUT2D eigenvalue weighted by Crippen LogP contribution is 2.59. The third-order valence-corrected chi connectivity index (χ3v) is 7.06. The average molecular weight is 504 g/mol. The molecule has 1 saturated carbocycles. The van der Waals surface area contributed by atoms with E-state index in [2.05, 4.69) is 10.3 Å². The van der Waals surface area contributed by atoms with E-state index in [1.165, 1.54) is 30.5 Å². The third-order valence-electron chi connectivity index (χ3n) is 7.06. The number of carbonyl (C=O) groups excluding carboxylic acids is 2. The SMILES string of the molecule is O=C1CC(c2cccc(C(F)(F)F)c2)C2(C(=O)Nc3ncccc32)C(c2cccc(C(F)(F)F)c2)C1. The number of hydrogen-bond acceptors (Lipinski definition) is 3. The Kier molecular flexibility index (Phi) is 5.46. The molecule has 3 aromatic rings. The lowest BCUT2D eigenvalue weighted by Gasteiger charge is -2.46. The molecular formula is C26H18F6N2O2. The van der Waals surface area contributed by atoms with Gasteiger partial charge in [-0.25, -0.2) is 4.98 Å². The number of pyridine rings is 1. The van der Waals surface area contributed by atoms with Crippen molar-refractivity contribution < 1.29 is 35.9 Å². The molecule has 1 fully saturated rings. The maximum Gasteiger partial charge on any atom is 0.416 e. The Labute approximate surface area is 201 Å². The fourth-order valence-electron chi connectivity index (χ4n) is 5.59. The van der Waals surface area contributed by atoms with Crippen LogP contribution in [0, 0.1) is 0 Å². The minimum Gasteiger partial charge on any atom is -0.310 e. The van der Waals surface area contributed by atoms with Gasteiger partial charge < -0.3 is 5.32 Å². The molecule has 0 radical (unpaired) electrons. The molecule has 0 bridgehead atoms. The molecule has 36 heavy (non-hydrogen) atoms. The maximum absolute atomic E-state index is 13.7. The first-order chi connectivity index (χ1) is 16.9. The number of nitrogens with zero attached hydrogens (tertiary/aromatic N) is 1. The van der Waals surface area contributed by atoms with Gasteiger partial charge in [0.15, 0.2) is 0 Å². The fraction of sp³-hybridized carbons (Fsp3) is 0.269. The molecule has 4 nitrogen and oxygen atoms in total. The van der Waals surface area contributed by atoms with E-state index in [0.717, 1.165) is 24.3 Å². The van der Waals surface area contributed by atoms with Crippen LogP contribution in [-0.4, -0.2) is 16.7 Å². The summed E-state index contributed by atoms with van der Waals surface area (Å²) in [6, 6.07) is 11.9. The average Bonchev–Trinajstić information content (AvgIpc) is 3.11. The molecule has 186 valence electrons. The number of alkyl halides is 6. The number of benzene rings is 2. The van der Waals surface area contributed by atoms with E-state index < -0.39 is 46.6 Å². The lowest BCUT2D eigenvalue weighted by molar-refractivity contribution is -0.138. The zero-order chi connectivity index (χ0) is 25.9. The monoisotopic (exact) mass is 504 g/mol. The largest absolute Gasteiger partial charge is 0.416 e. The second kappa shape index (κ2) is 8.18. The van der Waals surface area contributed by atoms with Gasteiger partial charge in [-0.2, -0.15) is 26.3 Å². The summed E-state index contributed by atoms with van der Waals surface area (Å²) in [7, 11) is 0. The quantitative estimate of drug-likeness (QED) is 0.421. The molecule has 5 rings (SSSR count). The summed E-state index contributed by atoms with van der Waals surface area (Å²) in [5.41, 5.74) is -3.01. The normalized spacial score (nSPS) is 24.1. The predicted octanol–water partition coefficient (Wildman–Crippen LogP) is 6.24. The second-order valence-electron chi connectivity index (χ2n) is 9.02. The van der Waals surface area contributed by atoms with Crippen LogP contribution in [0.2, 0.25) is 0 Å². The standard InChI is InChI=1S/C26H18F6N2O2/c27-25(28,29)16-6-1-4-14(10-16)20-12-18(35)13-21(15-5-2-7-17(11-15)26(30,31)32)24(20)19-8-3-9-33-22(19)34-23(24)36/h1-11,20-21H,12-13H2,(H,33,34,36). The van der Waals surface area contributed by atoms with Gasteiger partial charge in [0.2, 0.25) is 5.91 Å². The number of Topliss-reactive ketones (excluding diaryl/α,β-unsaturated/α-hetero) is 1. The van der Waals surface area contributed by atoms with E-state index in [1.807, 2.05) is 0 Å². The molecule has 10 heteroatoms. The van der Waals surface area contributed by atoms with Gasteiger partial charge in [0, 0.05) is 36.4 Å². The number of nitrogens with one attached hydrogen (secondary N) is 1. The van der Waals surface area contributed by atoms with Gasteiger partial charge >= 0.3 is 12.4 Å². The minimum absolute atomic E-state index is 0.0988. The van der Waals surface area contributed by atoms with Crippen LogP contribution in [-0.2, 0) is 27.4 Å². The molecule has 1 N–H and O–H groups in total. The maximum atomic E-state index is 13.7. The van der Waals surface area contributed by atoms with Crippen molar-refractivity contribution in [1.82, 2.24) is 4.98 Å². The summed E-state index contributed by atoms with van der Waals surface area (Å²) in [6.45, 7) is 0. The van der Waals surface area contributed by atoms with E-state index in [4.69, 9.17) is 0 Å². The van der Waals surface area contributed by atoms with Crippen molar-refractivity contribution >= 4 is 17.5 Å². The molecule has 2 atom stereocenters. The topological polar surface area (TPSA) is 59.1 Å². The first-order valence-electron chi connectivity index (χ1n) is 11.1. The first-order valence-corrected chi connectivity index (χ1v) is 11.1. The summed E-state index contributed by atoms with van der Waals surface area (Å²) in [6.07, 6.45) is -8.42. The molecule has 1 amide bonds. The molecule has 0 saturated heterocycles. The Balaban J connectivity index is 1.78. The van der Waals surface area contributed by atoms with E-state index in [9.17, 15) is 35.9 Å². The first kappa shape index (κ1) is 24.0. The predicted molar refractivity (Wildman–Crippen MR) is 117 cm³/mol. The number of hydrogen-bond donors (Lipinski definition) is 1. The van der Waals surface area contributed by atoms with Crippen LogP contribution < -0.4 is 5.32 Å². The molecular weight excluding hydrogens is 486 g/mol. The van der Waals surface area contributed by atoms with Gasteiger partial charge in [-0.05, 0) is 29.3 Å². The van der Waals surface area contributed by atoms with Crippen molar-refractivity contribution in [3.05, 3.63) is 94.7 Å². The lowest BCUT2D eigenvalue weighted by atomic mass is 9.54. The number of amides is 1. The van der Waals surface area contributed by atoms with Crippen LogP contribution in [0.3, 0.4) is 0 Å². The lowest BCUT2D eigenvalue weighted by Crippen LogP contribution is -2.50. The van der Waals surface area contributed by atoms with Crippen molar-refractivity contribution in [2.24, 2.45) is 0 Å². The van der Waals surface area contributed by atoms with E-state index >= 15 is 0 Å². The number of ketones is 1. The zero-order valence-corrected chi connectivity index (χ0v) is 18.5. The second-order valence-corrected chi connectivity index (χ2v) is 9.02. The van der Waals surface area contributed by atoms with E-state index in [-0.39, 0.29) is 35.6 Å². The molecule has 2 unspecified atom stereocenters. The summed E-state index contributed by atoms with van der Waals surface area (Å²) >= 11 is 0. The van der Waals surface area contributed by atoms with Gasteiger partial charge in [0.1, 0.15) is 11.6 Å². The van der Waals surface area contributed by atoms with Crippen LogP contribution in [0.15, 0.2) is 66.9 Å². The van der Waals surface area contributed by atoms with Gasteiger partial charge in [0.05, 0.1) is 16.5 Å². The summed E-state index contributed by atoms with van der Waals surface area (Å²) in [4.78, 5) is 30.9. The van der Waals surface area contributed by atoms with E-state index in [0.29, 0.717) is 5.56 Å². The van der Waals surface area contributed by atoms with Crippen LogP contribution in [0.5, 0.6) is 0 Å². The van der Waals surface area contributed by atoms with Gasteiger partial charge in [-0.3, -0.25) is 9.59 Å². The van der Waals surface area contributed by atoms with Crippen molar-refractivity contribution in [3.8, 4) is 0 Å². The highest BCUT2D eigenvalue weighted by atomic mass is 19.4. The van der Waals surface area contributed by atoms with Crippen LogP contribution in [0.25, 0.3) is 0 Å². The minimum atomic E-state index is -4.67. The molecule has 2 heterocycles. The summed E-state index contributed by atoms with van der Waals surface area (Å²) in [5.74, 6) is -2.94. The highest BCUT2D eigenvalue weighted by Gasteiger charge is 2.61. The van der Waals surface area contributed by atoms with Gasteiger partial charge in [-0.1, -0.05) is 42.5 Å². The Morgan fingerprint density at radius 3 is 1.81 bits per heavy atom. The number of rotatable bonds is 2. The Morgan fingerprint density at radius 2 is 1.31 bits per heavy atom. The Hall–Kier alpha value is -3.69. The molecule has 2 aromatic carbocycles. The number of fused-ring (bicyclic) bond motifs is 2. The Bertz CT molecular complexity index is 1300. The van der Waals surface area contributed by atoms with Crippen molar-refractivity contribution in [2.75, 3.05) is 5.32 Å². The molecule has 1 spiro atoms. The highest BCUT2D eigenvalue weighted by molar-refractivity contribution is 6.08. The Morgan fingerprint density at radius 1 is 0.778 bits per heavy atom. The smallest absolute Gasteiger partial charge is 0.310 e. The van der Waals surface area contributed by atoms with Gasteiger partial charge in [0.25, 0.3) is 0 Å². The van der Waals surface area contributed by atoms with Crippen molar-refractivity contribution in [1.29, 1.82) is 0 Å². The summed E-state index contributed by atoms with van der Waals surface area (Å²) < 4.78 is 81.2. The fourth-order valence-corrected chi connectivity index (χ4v) is 5.59. The molecule has 1 aliphatic heterocycles. The number of aromatic nitrogens is 1. The number of anilines is 1. The van der Waals surface area contributed by atoms with Crippen LogP contribution in [0.1, 0.15) is 52.5 Å². The molecule has 1 aliphatic carbocycles. The summed E-state index contributed by atoms with van der Waals surface area (Å²) in [5, 5.41) is 2.66.